The van der Waals surface area contributed by atoms with Gasteiger partial charge in [0.1, 0.15) is 11.6 Å². The maximum atomic E-state index is 13.1. The second-order valence-corrected chi connectivity index (χ2v) is 7.80. The summed E-state index contributed by atoms with van der Waals surface area (Å²) >= 11 is 0. The minimum atomic E-state index is -0.541. The average molecular weight is 413 g/mol. The molecule has 1 atom stereocenters. The number of benzene rings is 2. The van der Waals surface area contributed by atoms with E-state index in [-0.39, 0.29) is 11.5 Å². The zero-order valence-electron chi connectivity index (χ0n) is 17.4. The van der Waals surface area contributed by atoms with Crippen LogP contribution in [0.15, 0.2) is 65.7 Å². The molecule has 7 nitrogen and oxygen atoms in total. The van der Waals surface area contributed by atoms with Crippen molar-refractivity contribution in [3.63, 3.8) is 0 Å². The van der Waals surface area contributed by atoms with Crippen molar-refractivity contribution in [2.24, 2.45) is 7.05 Å². The second kappa shape index (κ2) is 7.43. The first-order chi connectivity index (χ1) is 15.1. The van der Waals surface area contributed by atoms with Gasteiger partial charge in [-0.25, -0.2) is 4.68 Å². The maximum absolute atomic E-state index is 13.1. The van der Waals surface area contributed by atoms with Crippen LogP contribution in [0.25, 0.3) is 32.7 Å². The third-order valence-corrected chi connectivity index (χ3v) is 5.94. The maximum Gasteiger partial charge on any atom is 0.291 e. The van der Waals surface area contributed by atoms with Gasteiger partial charge in [0.2, 0.25) is 5.91 Å². The highest BCUT2D eigenvalue weighted by molar-refractivity contribution is 6.08. The van der Waals surface area contributed by atoms with E-state index in [9.17, 15) is 9.59 Å². The average Bonchev–Trinajstić information content (AvgIpc) is 3.35. The number of aromatic amines is 1. The molecule has 0 saturated carbocycles. The van der Waals surface area contributed by atoms with E-state index in [1.54, 1.807) is 13.2 Å². The number of nitrogens with zero attached hydrogens (tertiary/aromatic N) is 3. The first kappa shape index (κ1) is 19.1. The monoisotopic (exact) mass is 413 g/mol. The number of carbonyl (C=O) groups excluding carboxylic acids is 1. The van der Waals surface area contributed by atoms with Crippen LogP contribution in [0.2, 0.25) is 0 Å². The van der Waals surface area contributed by atoms with E-state index in [2.05, 4.69) is 21.5 Å². The van der Waals surface area contributed by atoms with Crippen LogP contribution < -0.4 is 10.9 Å². The number of para-hydroxylation sites is 2. The number of hydrogen-bond donors (Lipinski definition) is 2. The molecule has 2 N–H and O–H groups in total. The van der Waals surface area contributed by atoms with Gasteiger partial charge in [0.25, 0.3) is 5.56 Å². The van der Waals surface area contributed by atoms with Crippen molar-refractivity contribution in [1.82, 2.24) is 24.6 Å². The summed E-state index contributed by atoms with van der Waals surface area (Å²) < 4.78 is 3.13. The van der Waals surface area contributed by atoms with Gasteiger partial charge in [-0.1, -0.05) is 36.4 Å². The van der Waals surface area contributed by atoms with Gasteiger partial charge >= 0.3 is 0 Å². The lowest BCUT2D eigenvalue weighted by Gasteiger charge is -2.16. The molecule has 7 heteroatoms. The molecule has 2 aromatic carbocycles. The van der Waals surface area contributed by atoms with Crippen LogP contribution >= 0.6 is 0 Å². The Morgan fingerprint density at radius 1 is 1.10 bits per heavy atom. The Morgan fingerprint density at radius 2 is 1.84 bits per heavy atom. The summed E-state index contributed by atoms with van der Waals surface area (Å²) in [5, 5.41) is 10.1. The number of amides is 1. The van der Waals surface area contributed by atoms with Crippen LogP contribution in [0.3, 0.4) is 0 Å². The van der Waals surface area contributed by atoms with E-state index >= 15 is 0 Å². The summed E-state index contributed by atoms with van der Waals surface area (Å²) in [4.78, 5) is 29.2. The van der Waals surface area contributed by atoms with Crippen molar-refractivity contribution in [3.05, 3.63) is 76.8 Å². The molecule has 0 fully saturated rings. The van der Waals surface area contributed by atoms with Crippen LogP contribution in [0.5, 0.6) is 0 Å². The number of carbonyl (C=O) groups is 1. The second-order valence-electron chi connectivity index (χ2n) is 7.80. The molecule has 0 saturated heterocycles. The molecule has 5 aromatic rings. The standard InChI is InChI=1S/C24H23N5O2/c1-15(23(30)25-12-11-16-13-26-20-9-5-3-7-17(16)20)29-21-10-6-4-8-18(21)19-14-27-28(2)24(31)22(19)29/h3-10,13-15,26H,11-12H2,1-2H3,(H,25,30)/t15-/m1/s1. The zero-order valence-corrected chi connectivity index (χ0v) is 17.4. The first-order valence-corrected chi connectivity index (χ1v) is 10.3. The van der Waals surface area contributed by atoms with Gasteiger partial charge in [-0.3, -0.25) is 9.59 Å². The van der Waals surface area contributed by atoms with Crippen LogP contribution in [0, 0.1) is 0 Å². The fraction of sp³-hybridized carbons (Fsp3) is 0.208. The van der Waals surface area contributed by atoms with E-state index in [0.717, 1.165) is 28.2 Å². The highest BCUT2D eigenvalue weighted by Crippen LogP contribution is 2.29. The van der Waals surface area contributed by atoms with Crippen molar-refractivity contribution in [3.8, 4) is 0 Å². The molecule has 156 valence electrons. The van der Waals surface area contributed by atoms with Crippen LogP contribution in [-0.2, 0) is 18.3 Å². The summed E-state index contributed by atoms with van der Waals surface area (Å²) in [6.07, 6.45) is 4.41. The van der Waals surface area contributed by atoms with Gasteiger partial charge in [0, 0.05) is 41.5 Å². The van der Waals surface area contributed by atoms with Crippen molar-refractivity contribution >= 4 is 38.6 Å². The highest BCUT2D eigenvalue weighted by Gasteiger charge is 2.23. The smallest absolute Gasteiger partial charge is 0.291 e. The predicted molar refractivity (Wildman–Crippen MR) is 122 cm³/mol. The summed E-state index contributed by atoms with van der Waals surface area (Å²) in [6.45, 7) is 2.34. The molecule has 1 amide bonds. The number of aromatic nitrogens is 4. The molecule has 0 spiro atoms. The molecular weight excluding hydrogens is 390 g/mol. The third kappa shape index (κ3) is 3.09. The van der Waals surface area contributed by atoms with Crippen LogP contribution in [0.4, 0.5) is 0 Å². The van der Waals surface area contributed by atoms with Gasteiger partial charge in [-0.15, -0.1) is 0 Å². The predicted octanol–water partition coefficient (Wildman–Crippen LogP) is 3.29. The SMILES string of the molecule is C[C@H](C(=O)NCCc1c[nH]c2ccccc12)n1c2ccccc2c2cnn(C)c(=O)c21. The van der Waals surface area contributed by atoms with Crippen molar-refractivity contribution in [1.29, 1.82) is 0 Å². The van der Waals surface area contributed by atoms with Gasteiger partial charge < -0.3 is 14.9 Å². The molecule has 0 radical (unpaired) electrons. The molecule has 0 aliphatic rings. The topological polar surface area (TPSA) is 84.7 Å². The first-order valence-electron chi connectivity index (χ1n) is 10.3. The Kier molecular flexibility index (Phi) is 4.58. The third-order valence-electron chi connectivity index (χ3n) is 5.94. The molecule has 0 aliphatic carbocycles. The van der Waals surface area contributed by atoms with Crippen LogP contribution in [-0.4, -0.2) is 31.8 Å². The van der Waals surface area contributed by atoms with Gasteiger partial charge in [-0.2, -0.15) is 5.10 Å². The number of H-pyrrole nitrogens is 1. The van der Waals surface area contributed by atoms with Gasteiger partial charge in [0.15, 0.2) is 0 Å². The van der Waals surface area contributed by atoms with E-state index < -0.39 is 6.04 Å². The Labute approximate surface area is 178 Å². The van der Waals surface area contributed by atoms with Crippen LogP contribution in [0.1, 0.15) is 18.5 Å². The van der Waals surface area contributed by atoms with E-state index in [1.165, 1.54) is 15.6 Å². The van der Waals surface area contributed by atoms with Gasteiger partial charge in [0.05, 0.1) is 11.7 Å². The summed E-state index contributed by atoms with van der Waals surface area (Å²) in [5.41, 5.74) is 3.39. The van der Waals surface area contributed by atoms with Crippen molar-refractivity contribution < 1.29 is 4.79 Å². The number of hydrogen-bond acceptors (Lipinski definition) is 3. The molecule has 3 aromatic heterocycles. The molecule has 31 heavy (non-hydrogen) atoms. The minimum Gasteiger partial charge on any atom is -0.361 e. The zero-order chi connectivity index (χ0) is 21.5. The molecule has 3 heterocycles. The van der Waals surface area contributed by atoms with Crippen molar-refractivity contribution in [2.75, 3.05) is 6.54 Å². The lowest BCUT2D eigenvalue weighted by atomic mass is 10.1. The molecule has 5 rings (SSSR count). The normalized spacial score (nSPS) is 12.6. The van der Waals surface area contributed by atoms with E-state index in [0.29, 0.717) is 12.1 Å². The number of nitrogens with one attached hydrogen (secondary N) is 2. The largest absolute Gasteiger partial charge is 0.361 e. The lowest BCUT2D eigenvalue weighted by molar-refractivity contribution is -0.123. The van der Waals surface area contributed by atoms with Gasteiger partial charge in [-0.05, 0) is 31.0 Å². The quantitative estimate of drug-likeness (QED) is 0.464. The Balaban J connectivity index is 1.44. The Morgan fingerprint density at radius 3 is 2.68 bits per heavy atom. The summed E-state index contributed by atoms with van der Waals surface area (Å²) in [6, 6.07) is 15.3. The highest BCUT2D eigenvalue weighted by atomic mass is 16.2. The number of aryl methyl sites for hydroxylation is 1. The molecular formula is C24H23N5O2. The number of rotatable bonds is 5. The van der Waals surface area contributed by atoms with E-state index in [4.69, 9.17) is 0 Å². The fourth-order valence-electron chi connectivity index (χ4n) is 4.31. The molecule has 0 bridgehead atoms. The molecule has 0 unspecified atom stereocenters. The summed E-state index contributed by atoms with van der Waals surface area (Å²) in [7, 11) is 1.62. The Hall–Kier alpha value is -3.87. The van der Waals surface area contributed by atoms with E-state index in [1.807, 2.05) is 60.2 Å². The fourth-order valence-corrected chi connectivity index (χ4v) is 4.31. The Bertz CT molecular complexity index is 1490. The minimum absolute atomic E-state index is 0.124. The number of fused-ring (bicyclic) bond motifs is 4. The lowest BCUT2D eigenvalue weighted by Crippen LogP contribution is -2.33. The van der Waals surface area contributed by atoms with Crippen molar-refractivity contribution in [2.45, 2.75) is 19.4 Å². The molecule has 0 aliphatic heterocycles. The summed E-state index contributed by atoms with van der Waals surface area (Å²) in [5.74, 6) is -0.124.